The lowest BCUT2D eigenvalue weighted by molar-refractivity contribution is 0.0656. The fraction of sp³-hybridized carbons (Fsp3) is 0.500. The van der Waals surface area contributed by atoms with Gasteiger partial charge in [-0.2, -0.15) is 5.10 Å². The van der Waals surface area contributed by atoms with E-state index < -0.39 is 0 Å². The molecule has 7 heteroatoms. The van der Waals surface area contributed by atoms with E-state index in [0.717, 1.165) is 40.9 Å². The van der Waals surface area contributed by atoms with Crippen LogP contribution in [0.1, 0.15) is 62.9 Å². The Morgan fingerprint density at radius 2 is 1.82 bits per heavy atom. The van der Waals surface area contributed by atoms with Gasteiger partial charge in [0.1, 0.15) is 13.2 Å². The van der Waals surface area contributed by atoms with Crippen LogP contribution in [0, 0.1) is 5.92 Å². The molecule has 1 aliphatic heterocycles. The molecule has 1 atom stereocenters. The Kier molecular flexibility index (Phi) is 4.82. The Bertz CT molecular complexity index is 1230. The first-order chi connectivity index (χ1) is 16.0. The van der Waals surface area contributed by atoms with Crippen molar-refractivity contribution in [1.29, 1.82) is 0 Å². The molecule has 3 aliphatic rings. The number of fused-ring (bicyclic) bond motifs is 2. The minimum absolute atomic E-state index is 0.103. The van der Waals surface area contributed by atoms with Gasteiger partial charge in [-0.25, -0.2) is 9.67 Å². The van der Waals surface area contributed by atoms with Crippen LogP contribution in [0.25, 0.3) is 22.3 Å². The minimum Gasteiger partial charge on any atom is -0.486 e. The van der Waals surface area contributed by atoms with E-state index in [9.17, 15) is 4.79 Å². The van der Waals surface area contributed by atoms with Gasteiger partial charge in [0.25, 0.3) is 5.91 Å². The summed E-state index contributed by atoms with van der Waals surface area (Å²) in [6.07, 6.45) is 6.43. The number of benzene rings is 1. The quantitative estimate of drug-likeness (QED) is 0.541. The van der Waals surface area contributed by atoms with E-state index >= 15 is 0 Å². The lowest BCUT2D eigenvalue weighted by atomic mass is 10.0. The summed E-state index contributed by atoms with van der Waals surface area (Å²) in [5.74, 6) is 2.19. The third kappa shape index (κ3) is 3.63. The Morgan fingerprint density at radius 3 is 2.52 bits per heavy atom. The van der Waals surface area contributed by atoms with E-state index in [2.05, 4.69) is 30.8 Å². The van der Waals surface area contributed by atoms with E-state index in [4.69, 9.17) is 14.5 Å². The first kappa shape index (κ1) is 20.5. The lowest BCUT2D eigenvalue weighted by Gasteiger charge is -2.30. The SMILES string of the molecule is CC(C1CC1)N(C(=O)c1cc(-c2ccc3c(c2)OCCO3)nc2c1cnn2C(C)C)C1CC1. The van der Waals surface area contributed by atoms with Gasteiger partial charge in [0.15, 0.2) is 17.1 Å². The Balaban J connectivity index is 1.49. The summed E-state index contributed by atoms with van der Waals surface area (Å²) in [6.45, 7) is 7.46. The molecule has 6 rings (SSSR count). The van der Waals surface area contributed by atoms with E-state index in [-0.39, 0.29) is 18.0 Å². The summed E-state index contributed by atoms with van der Waals surface area (Å²) in [5, 5.41) is 5.42. The normalized spacial score (nSPS) is 18.5. The van der Waals surface area contributed by atoms with E-state index in [0.29, 0.717) is 36.5 Å². The topological polar surface area (TPSA) is 69.5 Å². The predicted octanol–water partition coefficient (Wildman–Crippen LogP) is 4.85. The number of amides is 1. The van der Waals surface area contributed by atoms with Gasteiger partial charge in [-0.1, -0.05) is 0 Å². The average molecular weight is 447 g/mol. The predicted molar refractivity (Wildman–Crippen MR) is 126 cm³/mol. The fourth-order valence-electron chi connectivity index (χ4n) is 4.90. The molecule has 172 valence electrons. The number of carbonyl (C=O) groups is 1. The average Bonchev–Trinajstić information content (AvgIpc) is 3.75. The summed E-state index contributed by atoms with van der Waals surface area (Å²) in [4.78, 5) is 21.1. The number of carbonyl (C=O) groups excluding carboxylic acids is 1. The number of rotatable bonds is 6. The van der Waals surface area contributed by atoms with Crippen LogP contribution in [0.5, 0.6) is 11.5 Å². The molecule has 0 N–H and O–H groups in total. The van der Waals surface area contributed by atoms with Gasteiger partial charge in [-0.15, -0.1) is 0 Å². The standard InChI is InChI=1S/C26H30N4O3/c1-15(2)30-25-21(14-27-30)20(26(31)29(19-7-8-19)16(3)17-4-5-17)13-22(28-25)18-6-9-23-24(12-18)33-11-10-32-23/h6,9,12-17,19H,4-5,7-8,10-11H2,1-3H3. The second kappa shape index (κ2) is 7.75. The molecule has 0 saturated heterocycles. The van der Waals surface area contributed by atoms with Crippen molar-refractivity contribution in [3.63, 3.8) is 0 Å². The van der Waals surface area contributed by atoms with E-state index in [1.807, 2.05) is 28.9 Å². The van der Waals surface area contributed by atoms with Crippen molar-refractivity contribution < 1.29 is 14.3 Å². The zero-order chi connectivity index (χ0) is 22.7. The van der Waals surface area contributed by atoms with Crippen LogP contribution in [0.2, 0.25) is 0 Å². The number of hydrogen-bond acceptors (Lipinski definition) is 5. The zero-order valence-electron chi connectivity index (χ0n) is 19.5. The molecule has 2 saturated carbocycles. The van der Waals surface area contributed by atoms with Gasteiger partial charge in [-0.3, -0.25) is 4.79 Å². The van der Waals surface area contributed by atoms with Gasteiger partial charge < -0.3 is 14.4 Å². The van der Waals surface area contributed by atoms with Gasteiger partial charge in [0, 0.05) is 23.7 Å². The summed E-state index contributed by atoms with van der Waals surface area (Å²) in [7, 11) is 0. The van der Waals surface area contributed by atoms with Gasteiger partial charge in [-0.05, 0) is 76.6 Å². The summed E-state index contributed by atoms with van der Waals surface area (Å²) in [5.41, 5.74) is 3.09. The second-order valence-corrected chi connectivity index (χ2v) is 9.86. The van der Waals surface area contributed by atoms with Crippen molar-refractivity contribution in [3.05, 3.63) is 36.0 Å². The molecule has 0 radical (unpaired) electrons. The van der Waals surface area contributed by atoms with Crippen LogP contribution in [-0.4, -0.2) is 50.9 Å². The van der Waals surface area contributed by atoms with Crippen molar-refractivity contribution in [2.45, 2.75) is 64.6 Å². The Labute approximate surface area is 193 Å². The molecule has 1 aromatic carbocycles. The van der Waals surface area contributed by atoms with Crippen molar-refractivity contribution in [2.24, 2.45) is 5.92 Å². The van der Waals surface area contributed by atoms with Crippen LogP contribution in [0.4, 0.5) is 0 Å². The Morgan fingerprint density at radius 1 is 1.06 bits per heavy atom. The number of pyridine rings is 1. The largest absolute Gasteiger partial charge is 0.486 e. The molecule has 33 heavy (non-hydrogen) atoms. The highest BCUT2D eigenvalue weighted by Gasteiger charge is 2.42. The fourth-order valence-corrected chi connectivity index (χ4v) is 4.90. The summed E-state index contributed by atoms with van der Waals surface area (Å²) >= 11 is 0. The molecule has 1 unspecified atom stereocenters. The highest BCUT2D eigenvalue weighted by atomic mass is 16.6. The maximum absolute atomic E-state index is 14.0. The van der Waals surface area contributed by atoms with Crippen LogP contribution in [-0.2, 0) is 0 Å². The van der Waals surface area contributed by atoms with Crippen LogP contribution >= 0.6 is 0 Å². The smallest absolute Gasteiger partial charge is 0.255 e. The maximum Gasteiger partial charge on any atom is 0.255 e. The van der Waals surface area contributed by atoms with Crippen molar-refractivity contribution >= 4 is 16.9 Å². The van der Waals surface area contributed by atoms with Crippen molar-refractivity contribution in [1.82, 2.24) is 19.7 Å². The molecule has 3 aromatic rings. The highest BCUT2D eigenvalue weighted by molar-refractivity contribution is 6.07. The molecule has 7 nitrogen and oxygen atoms in total. The molecular formula is C26H30N4O3. The van der Waals surface area contributed by atoms with Gasteiger partial charge in [0.2, 0.25) is 0 Å². The van der Waals surface area contributed by atoms with Gasteiger partial charge >= 0.3 is 0 Å². The first-order valence-electron chi connectivity index (χ1n) is 12.1. The molecule has 3 heterocycles. The molecule has 0 bridgehead atoms. The number of aromatic nitrogens is 3. The third-order valence-electron chi connectivity index (χ3n) is 7.04. The highest BCUT2D eigenvalue weighted by Crippen LogP contribution is 2.41. The third-order valence-corrected chi connectivity index (χ3v) is 7.04. The van der Waals surface area contributed by atoms with Gasteiger partial charge in [0.05, 0.1) is 22.8 Å². The minimum atomic E-state index is 0.103. The monoisotopic (exact) mass is 446 g/mol. The molecule has 2 aromatic heterocycles. The molecular weight excluding hydrogens is 416 g/mol. The first-order valence-corrected chi connectivity index (χ1v) is 12.1. The number of ether oxygens (including phenoxy) is 2. The van der Waals surface area contributed by atoms with Crippen LogP contribution < -0.4 is 9.47 Å². The number of hydrogen-bond donors (Lipinski definition) is 0. The summed E-state index contributed by atoms with van der Waals surface area (Å²) in [6, 6.07) is 8.56. The van der Waals surface area contributed by atoms with Crippen LogP contribution in [0.15, 0.2) is 30.5 Å². The maximum atomic E-state index is 14.0. The molecule has 0 spiro atoms. The van der Waals surface area contributed by atoms with Crippen LogP contribution in [0.3, 0.4) is 0 Å². The van der Waals surface area contributed by atoms with Crippen molar-refractivity contribution in [2.75, 3.05) is 13.2 Å². The number of nitrogens with zero attached hydrogens (tertiary/aromatic N) is 4. The molecule has 2 aliphatic carbocycles. The van der Waals surface area contributed by atoms with E-state index in [1.165, 1.54) is 12.8 Å². The van der Waals surface area contributed by atoms with E-state index in [1.54, 1.807) is 6.20 Å². The zero-order valence-corrected chi connectivity index (χ0v) is 19.5. The Hall–Kier alpha value is -3.09. The second-order valence-electron chi connectivity index (χ2n) is 9.86. The van der Waals surface area contributed by atoms with Crippen molar-refractivity contribution in [3.8, 4) is 22.8 Å². The lowest BCUT2D eigenvalue weighted by Crippen LogP contribution is -2.41. The molecule has 2 fully saturated rings. The summed E-state index contributed by atoms with van der Waals surface area (Å²) < 4.78 is 13.4. The molecule has 1 amide bonds.